The molecule has 0 radical (unpaired) electrons. The van der Waals surface area contributed by atoms with Gasteiger partial charge in [-0.05, 0) is 36.4 Å². The number of amides is 1. The van der Waals surface area contributed by atoms with Crippen LogP contribution in [0.2, 0.25) is 0 Å². The minimum atomic E-state index is 0.0327. The van der Waals surface area contributed by atoms with E-state index in [0.29, 0.717) is 13.0 Å². The minimum absolute atomic E-state index is 0.0327. The molecule has 5 heteroatoms. The summed E-state index contributed by atoms with van der Waals surface area (Å²) in [7, 11) is 0. The van der Waals surface area contributed by atoms with Crippen LogP contribution in [0.15, 0.2) is 48.5 Å². The van der Waals surface area contributed by atoms with Crippen LogP contribution in [0.25, 0.3) is 0 Å². The zero-order valence-corrected chi connectivity index (χ0v) is 13.8. The van der Waals surface area contributed by atoms with E-state index in [1.165, 1.54) is 0 Å². The van der Waals surface area contributed by atoms with E-state index in [0.717, 1.165) is 35.8 Å². The van der Waals surface area contributed by atoms with E-state index in [9.17, 15) is 4.79 Å². The topological polar surface area (TPSA) is 50.8 Å². The van der Waals surface area contributed by atoms with E-state index in [4.69, 9.17) is 9.47 Å². The Labute approximate surface area is 142 Å². The van der Waals surface area contributed by atoms with E-state index in [1.807, 2.05) is 48.5 Å². The molecule has 0 spiro atoms. The Kier molecular flexibility index (Phi) is 5.33. The lowest BCUT2D eigenvalue weighted by Crippen LogP contribution is -2.27. The zero-order valence-electron chi connectivity index (χ0n) is 13.8. The Hall–Kier alpha value is -2.53. The van der Waals surface area contributed by atoms with Crippen molar-refractivity contribution in [3.8, 4) is 11.5 Å². The monoisotopic (exact) mass is 326 g/mol. The van der Waals surface area contributed by atoms with Gasteiger partial charge in [0.15, 0.2) is 11.5 Å². The first-order valence-corrected chi connectivity index (χ1v) is 8.20. The van der Waals surface area contributed by atoms with Crippen molar-refractivity contribution >= 4 is 11.6 Å². The molecule has 2 aromatic carbocycles. The van der Waals surface area contributed by atoms with Crippen molar-refractivity contribution in [3.63, 3.8) is 0 Å². The number of rotatable bonds is 7. The zero-order chi connectivity index (χ0) is 16.8. The van der Waals surface area contributed by atoms with Gasteiger partial charge in [-0.3, -0.25) is 9.69 Å². The standard InChI is InChI=1S/C19H22N2O3/c1-2-21(11-10-19(22)20-16-6-4-3-5-7-16)13-15-8-9-17-18(12-15)24-14-23-17/h3-9,12H,2,10-11,13-14H2,1H3,(H,20,22). The fourth-order valence-electron chi connectivity index (χ4n) is 2.65. The van der Waals surface area contributed by atoms with Gasteiger partial charge < -0.3 is 14.8 Å². The number of ether oxygens (including phenoxy) is 2. The predicted molar refractivity (Wildman–Crippen MR) is 93.2 cm³/mol. The number of nitrogens with zero attached hydrogens (tertiary/aromatic N) is 1. The average Bonchev–Trinajstić information content (AvgIpc) is 3.07. The summed E-state index contributed by atoms with van der Waals surface area (Å²) in [4.78, 5) is 14.3. The Bertz CT molecular complexity index is 688. The molecule has 5 nitrogen and oxygen atoms in total. The van der Waals surface area contributed by atoms with E-state index < -0.39 is 0 Å². The molecule has 1 heterocycles. The molecule has 0 fully saturated rings. The predicted octanol–water partition coefficient (Wildman–Crippen LogP) is 3.27. The Balaban J connectivity index is 1.50. The largest absolute Gasteiger partial charge is 0.454 e. The molecule has 0 unspecified atom stereocenters. The molecule has 0 saturated heterocycles. The number of carbonyl (C=O) groups excluding carboxylic acids is 1. The first-order chi connectivity index (χ1) is 11.7. The highest BCUT2D eigenvalue weighted by atomic mass is 16.7. The fraction of sp³-hybridized carbons (Fsp3) is 0.316. The van der Waals surface area contributed by atoms with Crippen molar-refractivity contribution in [3.05, 3.63) is 54.1 Å². The van der Waals surface area contributed by atoms with Gasteiger partial charge in [0.05, 0.1) is 0 Å². The van der Waals surface area contributed by atoms with Crippen LogP contribution in [0.5, 0.6) is 11.5 Å². The maximum Gasteiger partial charge on any atom is 0.231 e. The summed E-state index contributed by atoms with van der Waals surface area (Å²) in [6.45, 7) is 4.76. The van der Waals surface area contributed by atoms with Crippen molar-refractivity contribution in [1.29, 1.82) is 0 Å². The van der Waals surface area contributed by atoms with Crippen LogP contribution in [0.1, 0.15) is 18.9 Å². The van der Waals surface area contributed by atoms with Crippen LogP contribution in [-0.4, -0.2) is 30.7 Å². The first-order valence-electron chi connectivity index (χ1n) is 8.20. The number of carbonyl (C=O) groups is 1. The third-order valence-electron chi connectivity index (χ3n) is 4.00. The second-order valence-corrected chi connectivity index (χ2v) is 5.72. The van der Waals surface area contributed by atoms with Crippen molar-refractivity contribution in [1.82, 2.24) is 4.90 Å². The van der Waals surface area contributed by atoms with Crippen molar-refractivity contribution in [2.45, 2.75) is 19.9 Å². The Morgan fingerprint density at radius 3 is 2.71 bits per heavy atom. The molecule has 1 aliphatic rings. The molecule has 2 aromatic rings. The normalized spacial score (nSPS) is 12.4. The molecular formula is C19H22N2O3. The minimum Gasteiger partial charge on any atom is -0.454 e. The maximum absolute atomic E-state index is 12.1. The maximum atomic E-state index is 12.1. The van der Waals surface area contributed by atoms with E-state index in [1.54, 1.807) is 0 Å². The summed E-state index contributed by atoms with van der Waals surface area (Å²) in [5.74, 6) is 1.62. The van der Waals surface area contributed by atoms with Crippen LogP contribution < -0.4 is 14.8 Å². The van der Waals surface area contributed by atoms with Gasteiger partial charge in [0, 0.05) is 25.2 Å². The third kappa shape index (κ3) is 4.26. The van der Waals surface area contributed by atoms with Gasteiger partial charge in [0.25, 0.3) is 0 Å². The lowest BCUT2D eigenvalue weighted by Gasteiger charge is -2.20. The van der Waals surface area contributed by atoms with Crippen LogP contribution in [0.4, 0.5) is 5.69 Å². The Morgan fingerprint density at radius 1 is 1.12 bits per heavy atom. The van der Waals surface area contributed by atoms with E-state index >= 15 is 0 Å². The lowest BCUT2D eigenvalue weighted by atomic mass is 10.2. The van der Waals surface area contributed by atoms with E-state index in [2.05, 4.69) is 17.1 Å². The second kappa shape index (κ2) is 7.84. The molecule has 0 bridgehead atoms. The third-order valence-corrected chi connectivity index (χ3v) is 4.00. The number of anilines is 1. The summed E-state index contributed by atoms with van der Waals surface area (Å²) >= 11 is 0. The highest BCUT2D eigenvalue weighted by molar-refractivity contribution is 5.90. The molecule has 0 saturated carbocycles. The van der Waals surface area contributed by atoms with Crippen LogP contribution in [0.3, 0.4) is 0 Å². The van der Waals surface area contributed by atoms with Gasteiger partial charge in [-0.15, -0.1) is 0 Å². The quantitative estimate of drug-likeness (QED) is 0.848. The highest BCUT2D eigenvalue weighted by Crippen LogP contribution is 2.32. The number of para-hydroxylation sites is 1. The average molecular weight is 326 g/mol. The van der Waals surface area contributed by atoms with Gasteiger partial charge in [-0.1, -0.05) is 31.2 Å². The fourth-order valence-corrected chi connectivity index (χ4v) is 2.65. The highest BCUT2D eigenvalue weighted by Gasteiger charge is 2.14. The van der Waals surface area contributed by atoms with Gasteiger partial charge in [0.1, 0.15) is 0 Å². The summed E-state index contributed by atoms with van der Waals surface area (Å²) in [5.41, 5.74) is 1.99. The van der Waals surface area contributed by atoms with Crippen LogP contribution >= 0.6 is 0 Å². The SMILES string of the molecule is CCN(CCC(=O)Nc1ccccc1)Cc1ccc2c(c1)OCO2. The van der Waals surface area contributed by atoms with Crippen molar-refractivity contribution in [2.75, 3.05) is 25.2 Å². The molecule has 3 rings (SSSR count). The number of hydrogen-bond acceptors (Lipinski definition) is 4. The smallest absolute Gasteiger partial charge is 0.231 e. The molecule has 1 aliphatic heterocycles. The molecular weight excluding hydrogens is 304 g/mol. The van der Waals surface area contributed by atoms with Gasteiger partial charge in [-0.2, -0.15) is 0 Å². The van der Waals surface area contributed by atoms with Crippen molar-refractivity contribution in [2.24, 2.45) is 0 Å². The Morgan fingerprint density at radius 2 is 1.92 bits per heavy atom. The molecule has 0 aromatic heterocycles. The van der Waals surface area contributed by atoms with Crippen molar-refractivity contribution < 1.29 is 14.3 Å². The molecule has 0 aliphatic carbocycles. The first kappa shape index (κ1) is 16.3. The van der Waals surface area contributed by atoms with Gasteiger partial charge in [0.2, 0.25) is 12.7 Å². The summed E-state index contributed by atoms with van der Waals surface area (Å²) in [5, 5.41) is 2.92. The molecule has 1 amide bonds. The lowest BCUT2D eigenvalue weighted by molar-refractivity contribution is -0.116. The molecule has 24 heavy (non-hydrogen) atoms. The van der Waals surface area contributed by atoms with Crippen LogP contribution in [0, 0.1) is 0 Å². The second-order valence-electron chi connectivity index (χ2n) is 5.72. The van der Waals surface area contributed by atoms with Crippen LogP contribution in [-0.2, 0) is 11.3 Å². The van der Waals surface area contributed by atoms with E-state index in [-0.39, 0.29) is 12.7 Å². The number of hydrogen-bond donors (Lipinski definition) is 1. The van der Waals surface area contributed by atoms with Gasteiger partial charge in [-0.25, -0.2) is 0 Å². The number of benzene rings is 2. The van der Waals surface area contributed by atoms with Gasteiger partial charge >= 0.3 is 0 Å². The summed E-state index contributed by atoms with van der Waals surface area (Å²) < 4.78 is 10.7. The summed E-state index contributed by atoms with van der Waals surface area (Å²) in [6.07, 6.45) is 0.466. The summed E-state index contributed by atoms with van der Waals surface area (Å²) in [6, 6.07) is 15.5. The number of fused-ring (bicyclic) bond motifs is 1. The number of nitrogens with one attached hydrogen (secondary N) is 1. The molecule has 1 N–H and O–H groups in total. The molecule has 0 atom stereocenters. The molecule has 126 valence electrons.